The first-order chi connectivity index (χ1) is 21.4. The molecule has 1 aromatic heterocycles. The maximum absolute atomic E-state index is 13.1. The van der Waals surface area contributed by atoms with Crippen molar-refractivity contribution in [1.29, 1.82) is 0 Å². The topological polar surface area (TPSA) is 173 Å². The number of hydrogen-bond acceptors (Lipinski definition) is 10. The molecule has 14 heteroatoms. The van der Waals surface area contributed by atoms with Crippen LogP contribution in [0.25, 0.3) is 10.9 Å². The van der Waals surface area contributed by atoms with Gasteiger partial charge in [-0.1, -0.05) is 12.1 Å². The molecular weight excluding hydrogens is 598 g/mol. The van der Waals surface area contributed by atoms with Crippen LogP contribution in [-0.4, -0.2) is 86.5 Å². The summed E-state index contributed by atoms with van der Waals surface area (Å²) in [6.07, 6.45) is -0.265. The largest absolute Gasteiger partial charge is 0.490 e. The van der Waals surface area contributed by atoms with E-state index in [4.69, 9.17) is 24.8 Å². The van der Waals surface area contributed by atoms with E-state index in [1.165, 1.54) is 17.0 Å². The van der Waals surface area contributed by atoms with Crippen molar-refractivity contribution in [2.24, 2.45) is 11.1 Å². The van der Waals surface area contributed by atoms with E-state index in [9.17, 15) is 24.0 Å². The maximum atomic E-state index is 13.1. The zero-order valence-corrected chi connectivity index (χ0v) is 26.6. The average molecular weight is 636 g/mol. The molecule has 2 aromatic carbocycles. The van der Waals surface area contributed by atoms with Crippen molar-refractivity contribution in [3.8, 4) is 5.75 Å². The van der Waals surface area contributed by atoms with Crippen LogP contribution >= 0.6 is 0 Å². The van der Waals surface area contributed by atoms with Gasteiger partial charge in [-0.25, -0.2) is 14.4 Å². The van der Waals surface area contributed by atoms with Crippen molar-refractivity contribution in [3.63, 3.8) is 0 Å². The molecule has 14 nitrogen and oxygen atoms in total. The number of hydrogen-bond donors (Lipinski definition) is 1. The number of amides is 4. The van der Waals surface area contributed by atoms with Gasteiger partial charge in [0.1, 0.15) is 29.0 Å². The molecule has 1 atom stereocenters. The van der Waals surface area contributed by atoms with Gasteiger partial charge in [-0.05, 0) is 71.9 Å². The van der Waals surface area contributed by atoms with Crippen molar-refractivity contribution in [1.82, 2.24) is 19.7 Å². The highest BCUT2D eigenvalue weighted by Gasteiger charge is 2.51. The number of nitrogens with two attached hydrogens (primary N) is 1. The van der Waals surface area contributed by atoms with Crippen molar-refractivity contribution < 1.29 is 43.0 Å². The second-order valence-electron chi connectivity index (χ2n) is 13.4. The number of benzene rings is 2. The van der Waals surface area contributed by atoms with E-state index in [0.717, 1.165) is 0 Å². The molecule has 46 heavy (non-hydrogen) atoms. The van der Waals surface area contributed by atoms with E-state index in [1.54, 1.807) is 82.8 Å². The van der Waals surface area contributed by atoms with E-state index < -0.39 is 52.5 Å². The monoisotopic (exact) mass is 635 g/mol. The number of fused-ring (bicyclic) bond motifs is 2. The molecular formula is C32H37N5O9. The van der Waals surface area contributed by atoms with Gasteiger partial charge in [-0.2, -0.15) is 5.10 Å². The predicted octanol–water partition coefficient (Wildman–Crippen LogP) is 3.08. The number of rotatable bonds is 9. The minimum absolute atomic E-state index is 0.0982. The molecule has 2 N–H and O–H groups in total. The molecule has 0 aliphatic carbocycles. The molecule has 2 aliphatic rings. The van der Waals surface area contributed by atoms with Gasteiger partial charge < -0.3 is 24.8 Å². The SMILES string of the molecule is CC(C)(C)OC(=O)[C@H](COc1ccc2nn(CC3(C(N)=O)CN(C(=O)OC(C)(C)C)C3)cc2c1)ON1C(=O)c2ccccc2C1=O. The molecule has 0 saturated carbocycles. The normalized spacial score (nSPS) is 16.6. The van der Waals surface area contributed by atoms with Crippen LogP contribution in [0, 0.1) is 5.41 Å². The van der Waals surface area contributed by atoms with Crippen molar-refractivity contribution in [2.45, 2.75) is 65.4 Å². The standard InChI is InChI=1S/C32H37N5O9/c1-30(2,3)44-27(40)24(46-37-25(38)21-9-7-8-10-22(21)26(37)39)15-43-20-11-12-23-19(13-20)14-36(34-23)18-32(28(33)41)16-35(17-32)29(42)45-31(4,5)6/h7-14,24H,15-18H2,1-6H3,(H2,33,41)/t24-/m0/s1. The van der Waals surface area contributed by atoms with Crippen molar-refractivity contribution in [3.05, 3.63) is 59.8 Å². The van der Waals surface area contributed by atoms with Crippen LogP contribution in [0.3, 0.4) is 0 Å². The Hall–Kier alpha value is -4.98. The number of esters is 1. The lowest BCUT2D eigenvalue weighted by Crippen LogP contribution is -2.66. The highest BCUT2D eigenvalue weighted by Crippen LogP contribution is 2.34. The fraction of sp³-hybridized carbons (Fsp3) is 0.438. The Bertz CT molecular complexity index is 1680. The number of aromatic nitrogens is 2. The fourth-order valence-corrected chi connectivity index (χ4v) is 5.08. The van der Waals surface area contributed by atoms with E-state index in [0.29, 0.717) is 21.7 Å². The number of nitrogens with zero attached hydrogens (tertiary/aromatic N) is 4. The van der Waals surface area contributed by atoms with Crippen LogP contribution in [0.15, 0.2) is 48.7 Å². The third-order valence-corrected chi connectivity index (χ3v) is 7.21. The molecule has 4 amide bonds. The number of carbonyl (C=O) groups excluding carboxylic acids is 5. The summed E-state index contributed by atoms with van der Waals surface area (Å²) < 4.78 is 18.3. The van der Waals surface area contributed by atoms with Gasteiger partial charge in [0.05, 0.1) is 23.2 Å². The van der Waals surface area contributed by atoms with Gasteiger partial charge in [0.25, 0.3) is 11.8 Å². The third-order valence-electron chi connectivity index (χ3n) is 7.21. The highest BCUT2D eigenvalue weighted by atomic mass is 16.7. The summed E-state index contributed by atoms with van der Waals surface area (Å²) in [4.78, 5) is 70.7. The summed E-state index contributed by atoms with van der Waals surface area (Å²) in [7, 11) is 0. The molecule has 1 fully saturated rings. The lowest BCUT2D eigenvalue weighted by molar-refractivity contribution is -0.193. The first kappa shape index (κ1) is 32.4. The lowest BCUT2D eigenvalue weighted by atomic mass is 9.79. The van der Waals surface area contributed by atoms with Crippen LogP contribution in [0.4, 0.5) is 4.79 Å². The molecule has 1 saturated heterocycles. The van der Waals surface area contributed by atoms with Gasteiger partial charge in [0.15, 0.2) is 0 Å². The number of carbonyl (C=O) groups is 5. The minimum Gasteiger partial charge on any atom is -0.490 e. The van der Waals surface area contributed by atoms with Crippen LogP contribution < -0.4 is 10.5 Å². The quantitative estimate of drug-likeness (QED) is 0.272. The summed E-state index contributed by atoms with van der Waals surface area (Å²) in [5.74, 6) is -2.43. The van der Waals surface area contributed by atoms with E-state index in [-0.39, 0.29) is 37.4 Å². The maximum Gasteiger partial charge on any atom is 0.410 e. The highest BCUT2D eigenvalue weighted by molar-refractivity contribution is 6.20. The molecule has 0 spiro atoms. The molecule has 2 aliphatic heterocycles. The van der Waals surface area contributed by atoms with Gasteiger partial charge in [0.2, 0.25) is 12.0 Å². The van der Waals surface area contributed by atoms with E-state index in [1.807, 2.05) is 0 Å². The van der Waals surface area contributed by atoms with Crippen molar-refractivity contribution in [2.75, 3.05) is 19.7 Å². The smallest absolute Gasteiger partial charge is 0.410 e. The number of likely N-dealkylation sites (tertiary alicyclic amines) is 1. The number of hydroxylamine groups is 2. The molecule has 0 radical (unpaired) electrons. The summed E-state index contributed by atoms with van der Waals surface area (Å²) in [5, 5.41) is 5.75. The predicted molar refractivity (Wildman–Crippen MR) is 162 cm³/mol. The Morgan fingerprint density at radius 1 is 0.935 bits per heavy atom. The average Bonchev–Trinajstić information content (AvgIpc) is 3.43. The Kier molecular flexibility index (Phi) is 8.28. The molecule has 3 heterocycles. The van der Waals surface area contributed by atoms with Gasteiger partial charge >= 0.3 is 12.1 Å². The molecule has 0 bridgehead atoms. The van der Waals surface area contributed by atoms with Crippen LogP contribution in [0.2, 0.25) is 0 Å². The first-order valence-corrected chi connectivity index (χ1v) is 14.7. The first-order valence-electron chi connectivity index (χ1n) is 14.7. The Morgan fingerprint density at radius 2 is 1.54 bits per heavy atom. The lowest BCUT2D eigenvalue weighted by Gasteiger charge is -2.47. The number of ether oxygens (including phenoxy) is 3. The van der Waals surface area contributed by atoms with Gasteiger partial charge in [-0.15, -0.1) is 5.06 Å². The van der Waals surface area contributed by atoms with Crippen LogP contribution in [-0.2, 0) is 30.4 Å². The van der Waals surface area contributed by atoms with E-state index >= 15 is 0 Å². The molecule has 244 valence electrons. The van der Waals surface area contributed by atoms with Crippen LogP contribution in [0.1, 0.15) is 62.3 Å². The fourth-order valence-electron chi connectivity index (χ4n) is 5.08. The molecule has 0 unspecified atom stereocenters. The number of primary amides is 1. The summed E-state index contributed by atoms with van der Waals surface area (Å²) in [6.45, 7) is 10.3. The molecule has 3 aromatic rings. The summed E-state index contributed by atoms with van der Waals surface area (Å²) >= 11 is 0. The van der Waals surface area contributed by atoms with Crippen LogP contribution in [0.5, 0.6) is 5.75 Å². The second kappa shape index (κ2) is 11.7. The Morgan fingerprint density at radius 3 is 2.11 bits per heavy atom. The minimum atomic E-state index is -1.46. The summed E-state index contributed by atoms with van der Waals surface area (Å²) in [6, 6.07) is 11.3. The third kappa shape index (κ3) is 6.81. The van der Waals surface area contributed by atoms with Gasteiger partial charge in [-0.3, -0.25) is 19.1 Å². The molecule has 5 rings (SSSR count). The van der Waals surface area contributed by atoms with Crippen molar-refractivity contribution >= 4 is 40.7 Å². The zero-order valence-electron chi connectivity index (χ0n) is 26.6. The second-order valence-corrected chi connectivity index (χ2v) is 13.4. The van der Waals surface area contributed by atoms with E-state index in [2.05, 4.69) is 5.10 Å². The Balaban J connectivity index is 1.28. The number of imide groups is 1. The zero-order chi connectivity index (χ0) is 33.6. The Labute approximate surface area is 265 Å². The summed E-state index contributed by atoms with van der Waals surface area (Å²) in [5.41, 5.74) is 4.11. The van der Waals surface area contributed by atoms with Gasteiger partial charge in [0, 0.05) is 24.7 Å².